The number of hydrogen-bond acceptors (Lipinski definition) is 4. The summed E-state index contributed by atoms with van der Waals surface area (Å²) >= 11 is 0. The summed E-state index contributed by atoms with van der Waals surface area (Å²) in [6, 6.07) is 23.0. The van der Waals surface area contributed by atoms with Gasteiger partial charge in [-0.2, -0.15) is 0 Å². The van der Waals surface area contributed by atoms with Crippen LogP contribution in [-0.4, -0.2) is 15.5 Å². The fourth-order valence-corrected chi connectivity index (χ4v) is 4.30. The summed E-state index contributed by atoms with van der Waals surface area (Å²) in [6.07, 6.45) is 9.87. The minimum atomic E-state index is -0.111. The Morgan fingerprint density at radius 3 is 2.46 bits per heavy atom. The van der Waals surface area contributed by atoms with Crippen LogP contribution in [-0.2, 0) is 11.3 Å². The largest absolute Gasteiger partial charge is 0.342 e. The maximum atomic E-state index is 13.1. The maximum Gasteiger partial charge on any atom is 0.224 e. The number of rotatable bonds is 6. The van der Waals surface area contributed by atoms with Gasteiger partial charge in [0.1, 0.15) is 5.82 Å². The summed E-state index contributed by atoms with van der Waals surface area (Å²) in [5.41, 5.74) is 3.99. The van der Waals surface area contributed by atoms with Crippen molar-refractivity contribution in [3.63, 3.8) is 0 Å². The van der Waals surface area contributed by atoms with E-state index in [2.05, 4.69) is 22.5 Å². The summed E-state index contributed by atoms with van der Waals surface area (Å²) < 4.78 is 2.03. The standard InChI is InChI=1S/C29H26N4O2/c1-21(34)32(24-13-7-3-8-14-24)20-23-17-27-26(19-30-23)28(35)18-29(31-22-11-5-2-6-12-22)33(27)25-15-9-4-10-16-25/h3-5,7-19,31H,2,6,20H2,1H3. The number of para-hydroxylation sites is 2. The van der Waals surface area contributed by atoms with Crippen LogP contribution in [0.2, 0.25) is 0 Å². The molecule has 6 heteroatoms. The number of allylic oxidation sites excluding steroid dienone is 3. The lowest BCUT2D eigenvalue weighted by molar-refractivity contribution is -0.116. The number of carbonyl (C=O) groups is 1. The zero-order chi connectivity index (χ0) is 24.2. The molecule has 1 N–H and O–H groups in total. The molecular formula is C29H26N4O2. The van der Waals surface area contributed by atoms with Gasteiger partial charge in [0.2, 0.25) is 5.91 Å². The molecule has 5 rings (SSSR count). The molecule has 174 valence electrons. The number of pyridine rings is 2. The predicted octanol–water partition coefficient (Wildman–Crippen LogP) is 5.58. The van der Waals surface area contributed by atoms with E-state index in [-0.39, 0.29) is 11.3 Å². The van der Waals surface area contributed by atoms with Crippen molar-refractivity contribution < 1.29 is 4.79 Å². The first-order valence-electron chi connectivity index (χ1n) is 11.7. The van der Waals surface area contributed by atoms with Crippen molar-refractivity contribution in [2.75, 3.05) is 10.2 Å². The molecule has 0 spiro atoms. The molecule has 0 bridgehead atoms. The van der Waals surface area contributed by atoms with Crippen molar-refractivity contribution in [1.29, 1.82) is 0 Å². The first-order chi connectivity index (χ1) is 17.1. The topological polar surface area (TPSA) is 67.2 Å². The van der Waals surface area contributed by atoms with E-state index in [1.807, 2.05) is 77.4 Å². The quantitative estimate of drug-likeness (QED) is 0.406. The van der Waals surface area contributed by atoms with Crippen LogP contribution in [0.1, 0.15) is 25.5 Å². The number of hydrogen-bond donors (Lipinski definition) is 1. The normalized spacial score (nSPS) is 12.9. The average molecular weight is 463 g/mol. The van der Waals surface area contributed by atoms with Gasteiger partial charge in [-0.15, -0.1) is 0 Å². The summed E-state index contributed by atoms with van der Waals surface area (Å²) in [6.45, 7) is 1.84. The Bertz CT molecular complexity index is 1490. The molecule has 6 nitrogen and oxygen atoms in total. The molecule has 1 aliphatic carbocycles. The highest BCUT2D eigenvalue weighted by Gasteiger charge is 2.16. The number of fused-ring (bicyclic) bond motifs is 1. The van der Waals surface area contributed by atoms with Crippen molar-refractivity contribution >= 4 is 28.3 Å². The second-order valence-corrected chi connectivity index (χ2v) is 8.46. The van der Waals surface area contributed by atoms with Gasteiger partial charge in [0.25, 0.3) is 0 Å². The molecule has 0 saturated heterocycles. The van der Waals surface area contributed by atoms with E-state index in [1.165, 1.54) is 0 Å². The summed E-state index contributed by atoms with van der Waals surface area (Å²) in [4.78, 5) is 31.8. The number of anilines is 2. The van der Waals surface area contributed by atoms with Gasteiger partial charge >= 0.3 is 0 Å². The van der Waals surface area contributed by atoms with Gasteiger partial charge in [-0.3, -0.25) is 19.1 Å². The van der Waals surface area contributed by atoms with Gasteiger partial charge in [-0.1, -0.05) is 48.6 Å². The molecule has 2 heterocycles. The zero-order valence-corrected chi connectivity index (χ0v) is 19.5. The Kier molecular flexibility index (Phi) is 6.26. The molecule has 1 amide bonds. The minimum Gasteiger partial charge on any atom is -0.342 e. The van der Waals surface area contributed by atoms with E-state index < -0.39 is 0 Å². The molecular weight excluding hydrogens is 436 g/mol. The molecule has 0 saturated carbocycles. The lowest BCUT2D eigenvalue weighted by Crippen LogP contribution is -2.28. The van der Waals surface area contributed by atoms with E-state index in [9.17, 15) is 9.59 Å². The highest BCUT2D eigenvalue weighted by atomic mass is 16.2. The average Bonchev–Trinajstić information content (AvgIpc) is 2.89. The van der Waals surface area contributed by atoms with Gasteiger partial charge in [0.05, 0.1) is 23.1 Å². The van der Waals surface area contributed by atoms with E-state index in [1.54, 1.807) is 24.1 Å². The van der Waals surface area contributed by atoms with Crippen LogP contribution in [0.4, 0.5) is 11.5 Å². The second-order valence-electron chi connectivity index (χ2n) is 8.46. The van der Waals surface area contributed by atoms with Crippen LogP contribution in [0.15, 0.2) is 108 Å². The van der Waals surface area contributed by atoms with Crippen LogP contribution in [0.3, 0.4) is 0 Å². The Labute approximate surface area is 203 Å². The second kappa shape index (κ2) is 9.81. The third-order valence-corrected chi connectivity index (χ3v) is 6.00. The first kappa shape index (κ1) is 22.3. The van der Waals surface area contributed by atoms with Gasteiger partial charge < -0.3 is 10.2 Å². The number of aromatic nitrogens is 2. The van der Waals surface area contributed by atoms with Gasteiger partial charge in [0, 0.05) is 36.3 Å². The Hall–Kier alpha value is -4.45. The van der Waals surface area contributed by atoms with E-state index in [4.69, 9.17) is 0 Å². The molecule has 4 aromatic rings. The molecule has 2 aromatic carbocycles. The predicted molar refractivity (Wildman–Crippen MR) is 141 cm³/mol. The number of amides is 1. The third kappa shape index (κ3) is 4.77. The zero-order valence-electron chi connectivity index (χ0n) is 19.5. The SMILES string of the molecule is CC(=O)N(Cc1cc2c(cn1)c(=O)cc(NC1=CCCC=C1)n2-c1ccccc1)c1ccccc1. The molecule has 1 aliphatic rings. The Morgan fingerprint density at radius 2 is 1.77 bits per heavy atom. The smallest absolute Gasteiger partial charge is 0.224 e. The van der Waals surface area contributed by atoms with E-state index >= 15 is 0 Å². The van der Waals surface area contributed by atoms with Crippen LogP contribution in [0.5, 0.6) is 0 Å². The van der Waals surface area contributed by atoms with Crippen LogP contribution in [0.25, 0.3) is 16.6 Å². The fourth-order valence-electron chi connectivity index (χ4n) is 4.30. The van der Waals surface area contributed by atoms with Gasteiger partial charge in [-0.05, 0) is 49.2 Å². The van der Waals surface area contributed by atoms with Crippen LogP contribution in [0, 0.1) is 0 Å². The molecule has 35 heavy (non-hydrogen) atoms. The molecule has 2 aromatic heterocycles. The first-order valence-corrected chi connectivity index (χ1v) is 11.7. The number of nitrogens with zero attached hydrogens (tertiary/aromatic N) is 3. The monoisotopic (exact) mass is 462 g/mol. The van der Waals surface area contributed by atoms with Crippen molar-refractivity contribution in [2.24, 2.45) is 0 Å². The van der Waals surface area contributed by atoms with Crippen molar-refractivity contribution in [2.45, 2.75) is 26.3 Å². The van der Waals surface area contributed by atoms with Crippen molar-refractivity contribution in [3.05, 3.63) is 119 Å². The molecule has 0 fully saturated rings. The van der Waals surface area contributed by atoms with Crippen molar-refractivity contribution in [1.82, 2.24) is 9.55 Å². The summed E-state index contributed by atoms with van der Waals surface area (Å²) in [7, 11) is 0. The van der Waals surface area contributed by atoms with Crippen LogP contribution >= 0.6 is 0 Å². The van der Waals surface area contributed by atoms with Gasteiger partial charge in [-0.25, -0.2) is 0 Å². The molecule has 0 unspecified atom stereocenters. The molecule has 0 radical (unpaired) electrons. The Balaban J connectivity index is 1.65. The fraction of sp³-hybridized carbons (Fsp3) is 0.138. The third-order valence-electron chi connectivity index (χ3n) is 6.00. The number of benzene rings is 2. The number of carbonyl (C=O) groups excluding carboxylic acids is 1. The van der Waals surface area contributed by atoms with Gasteiger partial charge in [0.15, 0.2) is 5.43 Å². The molecule has 0 aliphatic heterocycles. The summed E-state index contributed by atoms with van der Waals surface area (Å²) in [5, 5.41) is 3.96. The highest BCUT2D eigenvalue weighted by Crippen LogP contribution is 2.26. The summed E-state index contributed by atoms with van der Waals surface area (Å²) in [5.74, 6) is 0.597. The number of nitrogens with one attached hydrogen (secondary N) is 1. The lowest BCUT2D eigenvalue weighted by atomic mass is 10.1. The van der Waals surface area contributed by atoms with E-state index in [0.717, 1.165) is 35.4 Å². The maximum absolute atomic E-state index is 13.1. The minimum absolute atomic E-state index is 0.0787. The van der Waals surface area contributed by atoms with Crippen LogP contribution < -0.4 is 15.6 Å². The molecule has 0 atom stereocenters. The lowest BCUT2D eigenvalue weighted by Gasteiger charge is -2.22. The Morgan fingerprint density at radius 1 is 1.03 bits per heavy atom. The highest BCUT2D eigenvalue weighted by molar-refractivity contribution is 5.91. The van der Waals surface area contributed by atoms with Crippen molar-refractivity contribution in [3.8, 4) is 5.69 Å². The van der Waals surface area contributed by atoms with E-state index in [0.29, 0.717) is 23.4 Å².